The number of hydrogen-bond acceptors (Lipinski definition) is 4. The fourth-order valence-corrected chi connectivity index (χ4v) is 4.16. The van der Waals surface area contributed by atoms with Crippen molar-refractivity contribution in [1.29, 1.82) is 0 Å². The average molecular weight is 373 g/mol. The maximum absolute atomic E-state index is 12.4. The Morgan fingerprint density at radius 3 is 2.81 bits per heavy atom. The molecule has 4 nitrogen and oxygen atoms in total. The molecule has 5 heteroatoms. The molecule has 3 rings (SSSR count). The third-order valence-corrected chi connectivity index (χ3v) is 5.64. The molecule has 2 heterocycles. The molecule has 1 aromatic heterocycles. The summed E-state index contributed by atoms with van der Waals surface area (Å²) in [6, 6.07) is 14.8. The van der Waals surface area contributed by atoms with Crippen molar-refractivity contribution >= 4 is 17.2 Å². The number of amides is 1. The zero-order chi connectivity index (χ0) is 18.2. The van der Waals surface area contributed by atoms with E-state index in [0.717, 1.165) is 39.0 Å². The van der Waals surface area contributed by atoms with E-state index in [1.807, 2.05) is 6.07 Å². The van der Waals surface area contributed by atoms with Crippen LogP contribution in [0.1, 0.15) is 28.2 Å². The number of rotatable bonds is 9. The van der Waals surface area contributed by atoms with Crippen molar-refractivity contribution in [3.8, 4) is 0 Å². The lowest BCUT2D eigenvalue weighted by Crippen LogP contribution is -2.40. The van der Waals surface area contributed by atoms with Crippen LogP contribution in [0.2, 0.25) is 0 Å². The van der Waals surface area contributed by atoms with Gasteiger partial charge in [-0.3, -0.25) is 9.69 Å². The topological polar surface area (TPSA) is 41.6 Å². The summed E-state index contributed by atoms with van der Waals surface area (Å²) in [4.78, 5) is 17.3. The predicted molar refractivity (Wildman–Crippen MR) is 106 cm³/mol. The van der Waals surface area contributed by atoms with Crippen LogP contribution in [0.5, 0.6) is 0 Å². The quantitative estimate of drug-likeness (QED) is 0.734. The van der Waals surface area contributed by atoms with E-state index >= 15 is 0 Å². The molecule has 26 heavy (non-hydrogen) atoms. The second kappa shape index (κ2) is 9.86. The number of carbonyl (C=O) groups excluding carboxylic acids is 1. The van der Waals surface area contributed by atoms with Gasteiger partial charge in [-0.15, -0.1) is 11.3 Å². The lowest BCUT2D eigenvalue weighted by Gasteiger charge is -2.22. The molecule has 1 aliphatic heterocycles. The molecule has 0 saturated carbocycles. The van der Waals surface area contributed by atoms with Gasteiger partial charge < -0.3 is 10.1 Å². The number of thiophene rings is 1. The van der Waals surface area contributed by atoms with E-state index in [9.17, 15) is 4.79 Å². The zero-order valence-electron chi connectivity index (χ0n) is 15.4. The highest BCUT2D eigenvalue weighted by atomic mass is 32.1. The summed E-state index contributed by atoms with van der Waals surface area (Å²) in [5.41, 5.74) is 1.31. The molecule has 1 amide bonds. The number of nitrogens with zero attached hydrogens (tertiary/aromatic N) is 1. The van der Waals surface area contributed by atoms with Gasteiger partial charge in [-0.1, -0.05) is 30.3 Å². The van der Waals surface area contributed by atoms with Crippen molar-refractivity contribution in [2.24, 2.45) is 0 Å². The first kappa shape index (κ1) is 19.1. The monoisotopic (exact) mass is 372 g/mol. The van der Waals surface area contributed by atoms with Gasteiger partial charge >= 0.3 is 0 Å². The fourth-order valence-electron chi connectivity index (χ4n) is 3.23. The van der Waals surface area contributed by atoms with Crippen LogP contribution in [0.4, 0.5) is 0 Å². The molecule has 0 unspecified atom stereocenters. The van der Waals surface area contributed by atoms with Crippen LogP contribution >= 0.6 is 11.3 Å². The smallest absolute Gasteiger partial charge is 0.234 e. The van der Waals surface area contributed by atoms with E-state index in [0.29, 0.717) is 13.1 Å². The summed E-state index contributed by atoms with van der Waals surface area (Å²) < 4.78 is 5.59. The van der Waals surface area contributed by atoms with Crippen LogP contribution < -0.4 is 5.32 Å². The summed E-state index contributed by atoms with van der Waals surface area (Å²) in [5, 5.41) is 3.04. The van der Waals surface area contributed by atoms with Gasteiger partial charge in [0, 0.05) is 36.0 Å². The van der Waals surface area contributed by atoms with E-state index < -0.39 is 0 Å². The first-order chi connectivity index (χ1) is 12.7. The molecule has 2 aromatic rings. The van der Waals surface area contributed by atoms with Gasteiger partial charge in [-0.25, -0.2) is 0 Å². The first-order valence-electron chi connectivity index (χ1n) is 9.39. The highest BCUT2D eigenvalue weighted by molar-refractivity contribution is 7.11. The van der Waals surface area contributed by atoms with Crippen molar-refractivity contribution in [2.45, 2.75) is 38.8 Å². The average Bonchev–Trinajstić information content (AvgIpc) is 3.30. The molecule has 0 spiro atoms. The molecule has 0 bridgehead atoms. The zero-order valence-corrected chi connectivity index (χ0v) is 16.3. The van der Waals surface area contributed by atoms with Gasteiger partial charge in [0.25, 0.3) is 0 Å². The van der Waals surface area contributed by atoms with Crippen LogP contribution in [0.3, 0.4) is 0 Å². The molecule has 0 radical (unpaired) electrons. The molecular weight excluding hydrogens is 344 g/mol. The van der Waals surface area contributed by atoms with Crippen LogP contribution in [0.15, 0.2) is 42.5 Å². The molecule has 1 aliphatic rings. The van der Waals surface area contributed by atoms with Crippen molar-refractivity contribution < 1.29 is 9.53 Å². The van der Waals surface area contributed by atoms with Crippen molar-refractivity contribution in [2.75, 3.05) is 26.2 Å². The number of ether oxygens (including phenoxy) is 1. The lowest BCUT2D eigenvalue weighted by atomic mass is 10.1. The van der Waals surface area contributed by atoms with E-state index in [-0.39, 0.29) is 12.0 Å². The van der Waals surface area contributed by atoms with Gasteiger partial charge in [0.05, 0.1) is 12.6 Å². The van der Waals surface area contributed by atoms with Crippen molar-refractivity contribution in [1.82, 2.24) is 10.2 Å². The van der Waals surface area contributed by atoms with Crippen LogP contribution in [-0.4, -0.2) is 43.2 Å². The van der Waals surface area contributed by atoms with Crippen LogP contribution in [0.25, 0.3) is 0 Å². The summed E-state index contributed by atoms with van der Waals surface area (Å²) in [6.45, 7) is 5.69. The van der Waals surface area contributed by atoms with E-state index in [4.69, 9.17) is 4.74 Å². The Kier molecular flexibility index (Phi) is 7.23. The first-order valence-corrected chi connectivity index (χ1v) is 10.2. The second-order valence-electron chi connectivity index (χ2n) is 6.90. The lowest BCUT2D eigenvalue weighted by molar-refractivity contribution is -0.122. The van der Waals surface area contributed by atoms with Gasteiger partial charge in [0.2, 0.25) is 5.91 Å². The Hall–Kier alpha value is -1.69. The molecule has 1 aromatic carbocycles. The maximum Gasteiger partial charge on any atom is 0.234 e. The number of aryl methyl sites for hydroxylation is 1. The minimum atomic E-state index is 0.0850. The molecule has 140 valence electrons. The minimum Gasteiger partial charge on any atom is -0.376 e. The van der Waals surface area contributed by atoms with E-state index in [1.165, 1.54) is 15.3 Å². The maximum atomic E-state index is 12.4. The van der Waals surface area contributed by atoms with Crippen molar-refractivity contribution in [3.63, 3.8) is 0 Å². The number of nitrogens with one attached hydrogen (secondary N) is 1. The Morgan fingerprint density at radius 1 is 1.27 bits per heavy atom. The predicted octanol–water partition coefficient (Wildman–Crippen LogP) is 3.40. The van der Waals surface area contributed by atoms with E-state index in [1.54, 1.807) is 11.3 Å². The van der Waals surface area contributed by atoms with Gasteiger partial charge in [-0.05, 0) is 43.9 Å². The van der Waals surface area contributed by atoms with Gasteiger partial charge in [0.15, 0.2) is 0 Å². The van der Waals surface area contributed by atoms with Crippen LogP contribution in [-0.2, 0) is 22.5 Å². The Bertz CT molecular complexity index is 680. The normalized spacial score (nSPS) is 16.9. The van der Waals surface area contributed by atoms with Crippen LogP contribution in [0, 0.1) is 6.92 Å². The van der Waals surface area contributed by atoms with Gasteiger partial charge in [-0.2, -0.15) is 0 Å². The largest absolute Gasteiger partial charge is 0.376 e. The molecular formula is C21H28N2O2S. The third-order valence-electron chi connectivity index (χ3n) is 4.65. The molecule has 0 aliphatic carbocycles. The second-order valence-corrected chi connectivity index (χ2v) is 8.27. The van der Waals surface area contributed by atoms with Crippen molar-refractivity contribution in [3.05, 3.63) is 57.8 Å². The number of benzene rings is 1. The number of hydrogen-bond donors (Lipinski definition) is 1. The molecule has 1 saturated heterocycles. The highest BCUT2D eigenvalue weighted by Gasteiger charge is 2.17. The number of carbonyl (C=O) groups is 1. The Labute approximate surface area is 160 Å². The highest BCUT2D eigenvalue weighted by Crippen LogP contribution is 2.17. The SMILES string of the molecule is Cc1ccc(CN(CCc2ccccc2)CC(=O)NC[C@H]2CCCO2)s1. The Balaban J connectivity index is 1.53. The van der Waals surface area contributed by atoms with E-state index in [2.05, 4.69) is 53.5 Å². The molecule has 1 N–H and O–H groups in total. The molecule has 1 fully saturated rings. The Morgan fingerprint density at radius 2 is 2.12 bits per heavy atom. The summed E-state index contributed by atoms with van der Waals surface area (Å²) in [5.74, 6) is 0.0850. The van der Waals surface area contributed by atoms with Gasteiger partial charge in [0.1, 0.15) is 0 Å². The minimum absolute atomic E-state index is 0.0850. The standard InChI is InChI=1S/C21H28N2O2S/c1-17-9-10-20(26-17)15-23(12-11-18-6-3-2-4-7-18)16-21(24)22-14-19-8-5-13-25-19/h2-4,6-7,9-10,19H,5,8,11-16H2,1H3,(H,22,24)/t19-/m1/s1. The third kappa shape index (κ3) is 6.24. The summed E-state index contributed by atoms with van der Waals surface area (Å²) in [7, 11) is 0. The molecule has 1 atom stereocenters. The fraction of sp³-hybridized carbons (Fsp3) is 0.476. The summed E-state index contributed by atoms with van der Waals surface area (Å²) in [6.07, 6.45) is 3.29. The summed E-state index contributed by atoms with van der Waals surface area (Å²) >= 11 is 1.81.